The van der Waals surface area contributed by atoms with Crippen LogP contribution in [0.1, 0.15) is 31.4 Å². The summed E-state index contributed by atoms with van der Waals surface area (Å²) in [5.41, 5.74) is 8.39. The lowest BCUT2D eigenvalue weighted by Gasteiger charge is -2.28. The number of methoxy groups -OCH3 is 1. The van der Waals surface area contributed by atoms with Gasteiger partial charge in [0.05, 0.1) is 7.11 Å². The summed E-state index contributed by atoms with van der Waals surface area (Å²) in [7, 11) is 1.69. The van der Waals surface area contributed by atoms with E-state index in [-0.39, 0.29) is 6.04 Å². The summed E-state index contributed by atoms with van der Waals surface area (Å²) in [6.45, 7) is 6.71. The van der Waals surface area contributed by atoms with Gasteiger partial charge in [0.15, 0.2) is 0 Å². The van der Waals surface area contributed by atoms with Gasteiger partial charge in [0.2, 0.25) is 0 Å². The van der Waals surface area contributed by atoms with E-state index in [1.165, 1.54) is 18.5 Å². The maximum atomic E-state index is 6.11. The first-order valence-corrected chi connectivity index (χ1v) is 6.49. The summed E-state index contributed by atoms with van der Waals surface area (Å²) in [4.78, 5) is 2.38. The number of nitrogens with two attached hydrogens (primary N) is 1. The molecule has 0 unspecified atom stereocenters. The van der Waals surface area contributed by atoms with Crippen LogP contribution >= 0.6 is 0 Å². The van der Waals surface area contributed by atoms with Gasteiger partial charge in [-0.15, -0.1) is 6.58 Å². The number of hydrogen-bond donors (Lipinski definition) is 1. The zero-order valence-corrected chi connectivity index (χ0v) is 11.2. The second kappa shape index (κ2) is 5.44. The molecule has 1 saturated carbocycles. The average molecular weight is 246 g/mol. The van der Waals surface area contributed by atoms with E-state index >= 15 is 0 Å². The molecule has 1 atom stereocenters. The molecule has 1 aromatic carbocycles. The Kier molecular flexibility index (Phi) is 3.92. The maximum Gasteiger partial charge on any atom is 0.125 e. The molecule has 0 saturated heterocycles. The molecule has 18 heavy (non-hydrogen) atoms. The normalized spacial score (nSPS) is 16.2. The summed E-state index contributed by atoms with van der Waals surface area (Å²) in [5, 5.41) is 0. The van der Waals surface area contributed by atoms with Gasteiger partial charge in [-0.2, -0.15) is 0 Å². The highest BCUT2D eigenvalue weighted by Crippen LogP contribution is 2.39. The second-order valence-corrected chi connectivity index (χ2v) is 4.85. The van der Waals surface area contributed by atoms with Crippen LogP contribution in [0.15, 0.2) is 30.9 Å². The van der Waals surface area contributed by atoms with Crippen LogP contribution in [0.5, 0.6) is 5.75 Å². The van der Waals surface area contributed by atoms with Crippen molar-refractivity contribution in [2.75, 3.05) is 18.6 Å². The summed E-state index contributed by atoms with van der Waals surface area (Å²) in [6.07, 6.45) is 4.45. The van der Waals surface area contributed by atoms with Crippen LogP contribution in [0.2, 0.25) is 0 Å². The zero-order valence-electron chi connectivity index (χ0n) is 11.2. The van der Waals surface area contributed by atoms with Crippen molar-refractivity contribution < 1.29 is 4.74 Å². The molecule has 2 N–H and O–H groups in total. The quantitative estimate of drug-likeness (QED) is 0.784. The fourth-order valence-electron chi connectivity index (χ4n) is 2.39. The fourth-order valence-corrected chi connectivity index (χ4v) is 2.39. The minimum absolute atomic E-state index is 0.0396. The third-order valence-corrected chi connectivity index (χ3v) is 3.34. The predicted octanol–water partition coefficient (Wildman–Crippen LogP) is 2.87. The highest BCUT2D eigenvalue weighted by molar-refractivity contribution is 5.62. The Bertz CT molecular complexity index is 425. The van der Waals surface area contributed by atoms with Crippen LogP contribution in [0, 0.1) is 0 Å². The van der Waals surface area contributed by atoms with E-state index in [1.807, 2.05) is 25.1 Å². The molecule has 0 bridgehead atoms. The summed E-state index contributed by atoms with van der Waals surface area (Å²) in [5.74, 6) is 0.872. The van der Waals surface area contributed by atoms with Gasteiger partial charge in [-0.1, -0.05) is 12.1 Å². The zero-order chi connectivity index (χ0) is 13.1. The molecule has 0 heterocycles. The topological polar surface area (TPSA) is 38.5 Å². The summed E-state index contributed by atoms with van der Waals surface area (Å²) < 4.78 is 5.44. The van der Waals surface area contributed by atoms with E-state index in [1.54, 1.807) is 7.11 Å². The second-order valence-electron chi connectivity index (χ2n) is 4.85. The smallest absolute Gasteiger partial charge is 0.125 e. The van der Waals surface area contributed by atoms with E-state index in [0.29, 0.717) is 6.04 Å². The summed E-state index contributed by atoms with van der Waals surface area (Å²) >= 11 is 0. The largest absolute Gasteiger partial charge is 0.496 e. The number of benzene rings is 1. The predicted molar refractivity (Wildman–Crippen MR) is 76.2 cm³/mol. The molecule has 2 rings (SSSR count). The third kappa shape index (κ3) is 2.51. The molecule has 0 spiro atoms. The molecule has 98 valence electrons. The van der Waals surface area contributed by atoms with Crippen molar-refractivity contribution >= 4 is 5.69 Å². The lowest BCUT2D eigenvalue weighted by atomic mass is 10.0. The van der Waals surface area contributed by atoms with Crippen LogP contribution < -0.4 is 15.4 Å². The number of ether oxygens (including phenoxy) is 1. The molecular weight excluding hydrogens is 224 g/mol. The van der Waals surface area contributed by atoms with Crippen molar-refractivity contribution in [1.82, 2.24) is 0 Å². The Hall–Kier alpha value is -1.48. The first-order chi connectivity index (χ1) is 8.69. The lowest BCUT2D eigenvalue weighted by molar-refractivity contribution is 0.407. The first kappa shape index (κ1) is 13.0. The van der Waals surface area contributed by atoms with Gasteiger partial charge in [0.25, 0.3) is 0 Å². The maximum absolute atomic E-state index is 6.11. The van der Waals surface area contributed by atoms with Crippen LogP contribution in [0.25, 0.3) is 0 Å². The molecule has 1 aliphatic carbocycles. The van der Waals surface area contributed by atoms with Crippen molar-refractivity contribution in [1.29, 1.82) is 0 Å². The van der Waals surface area contributed by atoms with Crippen LogP contribution in [-0.2, 0) is 0 Å². The van der Waals surface area contributed by atoms with Crippen molar-refractivity contribution in [3.05, 3.63) is 36.4 Å². The van der Waals surface area contributed by atoms with E-state index in [2.05, 4.69) is 17.5 Å². The average Bonchev–Trinajstić information content (AvgIpc) is 3.19. The molecule has 0 aromatic heterocycles. The minimum atomic E-state index is -0.0396. The van der Waals surface area contributed by atoms with Gasteiger partial charge in [-0.3, -0.25) is 0 Å². The number of anilines is 1. The van der Waals surface area contributed by atoms with E-state index in [9.17, 15) is 0 Å². The van der Waals surface area contributed by atoms with E-state index < -0.39 is 0 Å². The van der Waals surface area contributed by atoms with Gasteiger partial charge >= 0.3 is 0 Å². The number of hydrogen-bond acceptors (Lipinski definition) is 3. The number of nitrogens with zero attached hydrogens (tertiary/aromatic N) is 1. The van der Waals surface area contributed by atoms with Crippen molar-refractivity contribution in [2.24, 2.45) is 5.73 Å². The van der Waals surface area contributed by atoms with Gasteiger partial charge in [0, 0.05) is 29.9 Å². The Morgan fingerprint density at radius 2 is 2.28 bits per heavy atom. The number of rotatable bonds is 6. The molecular formula is C15H22N2O. The van der Waals surface area contributed by atoms with Crippen molar-refractivity contribution in [3.8, 4) is 5.75 Å². The monoisotopic (exact) mass is 246 g/mol. The highest BCUT2D eigenvalue weighted by Gasteiger charge is 2.30. The molecule has 3 heteroatoms. The first-order valence-electron chi connectivity index (χ1n) is 6.49. The van der Waals surface area contributed by atoms with Crippen molar-refractivity contribution in [3.63, 3.8) is 0 Å². The van der Waals surface area contributed by atoms with Gasteiger partial charge < -0.3 is 15.4 Å². The molecule has 0 radical (unpaired) electrons. The van der Waals surface area contributed by atoms with Gasteiger partial charge in [0.1, 0.15) is 5.75 Å². The van der Waals surface area contributed by atoms with Crippen molar-refractivity contribution in [2.45, 2.75) is 31.8 Å². The molecule has 1 fully saturated rings. The van der Waals surface area contributed by atoms with Gasteiger partial charge in [-0.25, -0.2) is 0 Å². The molecule has 1 aliphatic rings. The Balaban J connectivity index is 2.43. The van der Waals surface area contributed by atoms with E-state index in [0.717, 1.165) is 17.9 Å². The molecule has 3 nitrogen and oxygen atoms in total. The SMILES string of the molecule is C=CCN(c1cccc(OC)c1[C@H](C)N)C1CC1. The Morgan fingerprint density at radius 1 is 1.56 bits per heavy atom. The highest BCUT2D eigenvalue weighted by atomic mass is 16.5. The lowest BCUT2D eigenvalue weighted by Crippen LogP contribution is -2.28. The molecule has 1 aromatic rings. The Labute approximate surface area is 109 Å². The van der Waals surface area contributed by atoms with Gasteiger partial charge in [-0.05, 0) is 31.9 Å². The third-order valence-electron chi connectivity index (χ3n) is 3.34. The molecule has 0 amide bonds. The Morgan fingerprint density at radius 3 is 2.78 bits per heavy atom. The van der Waals surface area contributed by atoms with Crippen LogP contribution in [0.4, 0.5) is 5.69 Å². The van der Waals surface area contributed by atoms with E-state index in [4.69, 9.17) is 10.5 Å². The minimum Gasteiger partial charge on any atom is -0.496 e. The summed E-state index contributed by atoms with van der Waals surface area (Å²) in [6, 6.07) is 6.72. The standard InChI is InChI=1S/C15H22N2O/c1-4-10-17(12-8-9-12)13-6-5-7-14(18-3)15(13)11(2)16/h4-7,11-12H,1,8-10,16H2,2-3H3/t11-/m0/s1. The molecule has 0 aliphatic heterocycles. The fraction of sp³-hybridized carbons (Fsp3) is 0.467. The van der Waals surface area contributed by atoms with Crippen LogP contribution in [-0.4, -0.2) is 19.7 Å². The van der Waals surface area contributed by atoms with Crippen LogP contribution in [0.3, 0.4) is 0 Å².